The van der Waals surface area contributed by atoms with Crippen molar-refractivity contribution in [2.75, 3.05) is 11.5 Å². The Balaban J connectivity index is 1.61. The zero-order valence-electron chi connectivity index (χ0n) is 18.0. The normalized spacial score (nSPS) is 21.1. The second-order valence-electron chi connectivity index (χ2n) is 8.04. The van der Waals surface area contributed by atoms with Gasteiger partial charge in [-0.3, -0.25) is 18.9 Å². The van der Waals surface area contributed by atoms with Crippen molar-refractivity contribution in [3.63, 3.8) is 0 Å². The summed E-state index contributed by atoms with van der Waals surface area (Å²) in [6, 6.07) is 12.8. The van der Waals surface area contributed by atoms with Crippen molar-refractivity contribution >= 4 is 67.5 Å². The van der Waals surface area contributed by atoms with Crippen molar-refractivity contribution < 1.29 is 13.2 Å². The second kappa shape index (κ2) is 8.95. The molecule has 2 fully saturated rings. The number of carbonyl (C=O) groups excluding carboxylic acids is 1. The molecule has 0 N–H and O–H groups in total. The third-order valence-corrected chi connectivity index (χ3v) is 9.77. The van der Waals surface area contributed by atoms with Gasteiger partial charge in [0.25, 0.3) is 11.5 Å². The number of hydrogen-bond donors (Lipinski definition) is 0. The number of thiocarbonyl (C=S) groups is 1. The summed E-state index contributed by atoms with van der Waals surface area (Å²) in [5.41, 5.74) is 1.40. The van der Waals surface area contributed by atoms with Crippen molar-refractivity contribution in [1.29, 1.82) is 0 Å². The number of fused-ring (bicyclic) bond motifs is 1. The van der Waals surface area contributed by atoms with Crippen molar-refractivity contribution in [3.8, 4) is 0 Å². The van der Waals surface area contributed by atoms with Crippen LogP contribution in [-0.4, -0.2) is 50.5 Å². The molecule has 1 atom stereocenters. The van der Waals surface area contributed by atoms with E-state index in [1.165, 1.54) is 27.1 Å². The monoisotopic (exact) mass is 529 g/mol. The highest BCUT2D eigenvalue weighted by molar-refractivity contribution is 8.26. The van der Waals surface area contributed by atoms with Gasteiger partial charge in [-0.05, 0) is 43.2 Å². The number of nitrogens with zero attached hydrogens (tertiary/aromatic N) is 3. The Labute approximate surface area is 210 Å². The molecule has 0 spiro atoms. The number of benzene rings is 1. The first-order valence-electron chi connectivity index (χ1n) is 10.5. The van der Waals surface area contributed by atoms with Gasteiger partial charge in [-0.2, -0.15) is 0 Å². The number of carbonyl (C=O) groups is 1. The highest BCUT2D eigenvalue weighted by Crippen LogP contribution is 2.37. The molecule has 2 saturated heterocycles. The molecule has 5 rings (SSSR count). The molecule has 0 radical (unpaired) electrons. The lowest BCUT2D eigenvalue weighted by Crippen LogP contribution is -2.39. The van der Waals surface area contributed by atoms with Gasteiger partial charge in [0, 0.05) is 11.1 Å². The van der Waals surface area contributed by atoms with Crippen LogP contribution in [0.4, 0.5) is 0 Å². The van der Waals surface area contributed by atoms with Crippen LogP contribution in [0.3, 0.4) is 0 Å². The first kappa shape index (κ1) is 23.3. The molecule has 2 aliphatic heterocycles. The van der Waals surface area contributed by atoms with Gasteiger partial charge in [-0.15, -0.1) is 0 Å². The van der Waals surface area contributed by atoms with Crippen LogP contribution >= 0.6 is 35.7 Å². The molecule has 3 aromatic rings. The highest BCUT2D eigenvalue weighted by atomic mass is 32.2. The summed E-state index contributed by atoms with van der Waals surface area (Å²) in [7, 11) is -3.18. The minimum absolute atomic E-state index is 0.0426. The number of amides is 1. The van der Waals surface area contributed by atoms with Gasteiger partial charge >= 0.3 is 0 Å². The lowest BCUT2D eigenvalue weighted by Gasteiger charge is -2.20. The Morgan fingerprint density at radius 1 is 1.18 bits per heavy atom. The molecular formula is C23H19N3O4S4. The maximum atomic E-state index is 13.5. The number of aryl methyl sites for hydroxylation is 1. The fraction of sp³-hybridized carbons (Fsp3) is 0.217. The molecule has 0 bridgehead atoms. The van der Waals surface area contributed by atoms with E-state index in [-0.39, 0.29) is 33.4 Å². The standard InChI is InChI=1S/C23H19N3O4S4/c1-14-6-5-10-25-19(14)24-20(32-16-7-3-2-4-8-16)17(21(25)27)12-18-22(28)26(23(31)33-18)15-9-11-34(29,30)13-15/h2-8,10,12,15H,9,11,13H2,1H3/b18-12+. The average molecular weight is 530 g/mol. The van der Waals surface area contributed by atoms with Gasteiger partial charge in [0.15, 0.2) is 9.84 Å². The van der Waals surface area contributed by atoms with Crippen LogP contribution < -0.4 is 5.56 Å². The minimum Gasteiger partial charge on any atom is -0.289 e. The number of sulfone groups is 1. The molecule has 4 heterocycles. The SMILES string of the molecule is Cc1cccn2c(=O)c(/C=C3/SC(=S)N(C4CCS(=O)(=O)C4)C3=O)c(Sc3ccccc3)nc12. The average Bonchev–Trinajstić information content (AvgIpc) is 3.29. The predicted octanol–water partition coefficient (Wildman–Crippen LogP) is 3.54. The van der Waals surface area contributed by atoms with Gasteiger partial charge < -0.3 is 0 Å². The zero-order valence-corrected chi connectivity index (χ0v) is 21.3. The fourth-order valence-electron chi connectivity index (χ4n) is 4.00. The maximum Gasteiger partial charge on any atom is 0.266 e. The largest absolute Gasteiger partial charge is 0.289 e. The van der Waals surface area contributed by atoms with Crippen LogP contribution in [0.15, 0.2) is 68.3 Å². The Bertz CT molecular complexity index is 1530. The lowest BCUT2D eigenvalue weighted by atomic mass is 10.2. The molecule has 2 aliphatic rings. The third kappa shape index (κ3) is 4.33. The Morgan fingerprint density at radius 3 is 2.65 bits per heavy atom. The summed E-state index contributed by atoms with van der Waals surface area (Å²) in [4.78, 5) is 34.1. The lowest BCUT2D eigenvalue weighted by molar-refractivity contribution is -0.123. The third-order valence-electron chi connectivity index (χ3n) is 5.68. The quantitative estimate of drug-likeness (QED) is 0.288. The van der Waals surface area contributed by atoms with E-state index < -0.39 is 15.9 Å². The summed E-state index contributed by atoms with van der Waals surface area (Å²) in [6.07, 6.45) is 3.55. The first-order valence-corrected chi connectivity index (χ1v) is 14.3. The van der Waals surface area contributed by atoms with E-state index in [0.29, 0.717) is 21.4 Å². The Hall–Kier alpha value is -2.47. The van der Waals surface area contributed by atoms with Crippen LogP contribution in [0, 0.1) is 6.92 Å². The van der Waals surface area contributed by atoms with Crippen LogP contribution in [0.25, 0.3) is 11.7 Å². The van der Waals surface area contributed by atoms with Crippen LogP contribution in [0.5, 0.6) is 0 Å². The summed E-state index contributed by atoms with van der Waals surface area (Å²) in [6.45, 7) is 1.89. The molecule has 0 saturated carbocycles. The van der Waals surface area contributed by atoms with E-state index in [2.05, 4.69) is 0 Å². The van der Waals surface area contributed by atoms with Gasteiger partial charge in [-0.25, -0.2) is 13.4 Å². The first-order chi connectivity index (χ1) is 16.2. The molecule has 1 amide bonds. The second-order valence-corrected chi connectivity index (χ2v) is 13.0. The van der Waals surface area contributed by atoms with Crippen molar-refractivity contribution in [2.45, 2.75) is 29.3 Å². The molecule has 1 unspecified atom stereocenters. The van der Waals surface area contributed by atoms with Crippen LogP contribution in [-0.2, 0) is 14.6 Å². The molecule has 0 aliphatic carbocycles. The highest BCUT2D eigenvalue weighted by Gasteiger charge is 2.42. The van der Waals surface area contributed by atoms with E-state index in [1.54, 1.807) is 12.3 Å². The van der Waals surface area contributed by atoms with Crippen molar-refractivity contribution in [2.24, 2.45) is 0 Å². The molecule has 1 aromatic carbocycles. The van der Waals surface area contributed by atoms with E-state index in [4.69, 9.17) is 17.2 Å². The van der Waals surface area contributed by atoms with Crippen LogP contribution in [0.2, 0.25) is 0 Å². The van der Waals surface area contributed by atoms with Crippen molar-refractivity contribution in [3.05, 3.63) is 75.0 Å². The summed E-state index contributed by atoms with van der Waals surface area (Å²) < 4.78 is 25.7. The number of aromatic nitrogens is 2. The smallest absolute Gasteiger partial charge is 0.266 e. The molecule has 11 heteroatoms. The molecule has 2 aromatic heterocycles. The van der Waals surface area contributed by atoms with Crippen molar-refractivity contribution in [1.82, 2.24) is 14.3 Å². The summed E-state index contributed by atoms with van der Waals surface area (Å²) in [5.74, 6) is -0.427. The van der Waals surface area contributed by atoms with E-state index in [1.807, 2.05) is 43.3 Å². The van der Waals surface area contributed by atoms with Crippen LogP contribution in [0.1, 0.15) is 17.5 Å². The predicted molar refractivity (Wildman–Crippen MR) is 139 cm³/mol. The van der Waals surface area contributed by atoms with Gasteiger partial charge in [0.1, 0.15) is 15.0 Å². The summed E-state index contributed by atoms with van der Waals surface area (Å²) in [5, 5.41) is 0.485. The number of pyridine rings is 1. The maximum absolute atomic E-state index is 13.5. The van der Waals surface area contributed by atoms with Gasteiger partial charge in [0.2, 0.25) is 0 Å². The Morgan fingerprint density at radius 2 is 1.94 bits per heavy atom. The zero-order chi connectivity index (χ0) is 24.0. The molecule has 7 nitrogen and oxygen atoms in total. The number of rotatable bonds is 4. The minimum atomic E-state index is -3.18. The topological polar surface area (TPSA) is 88.8 Å². The molecule has 174 valence electrons. The fourth-order valence-corrected chi connectivity index (χ4v) is 7.99. The van der Waals surface area contributed by atoms with E-state index >= 15 is 0 Å². The van der Waals surface area contributed by atoms with Gasteiger partial charge in [-0.1, -0.05) is 60.0 Å². The number of thioether (sulfide) groups is 1. The molecular weight excluding hydrogens is 511 g/mol. The van der Waals surface area contributed by atoms with E-state index in [9.17, 15) is 18.0 Å². The summed E-state index contributed by atoms with van der Waals surface area (Å²) >= 11 is 7.85. The van der Waals surface area contributed by atoms with Gasteiger partial charge in [0.05, 0.1) is 28.0 Å². The van der Waals surface area contributed by atoms with E-state index in [0.717, 1.165) is 22.2 Å². The number of hydrogen-bond acceptors (Lipinski definition) is 8. The Kier molecular flexibility index (Phi) is 6.13. The molecule has 34 heavy (non-hydrogen) atoms.